The number of halogens is 1. The van der Waals surface area contributed by atoms with E-state index in [1.165, 1.54) is 6.07 Å². The van der Waals surface area contributed by atoms with Crippen LogP contribution in [0, 0.1) is 23.6 Å². The third-order valence-corrected chi connectivity index (χ3v) is 7.55. The summed E-state index contributed by atoms with van der Waals surface area (Å²) in [5.74, 6) is 1.04. The zero-order valence-electron chi connectivity index (χ0n) is 18.7. The van der Waals surface area contributed by atoms with E-state index in [2.05, 4.69) is 29.6 Å². The Morgan fingerprint density at radius 2 is 2.00 bits per heavy atom. The van der Waals surface area contributed by atoms with Gasteiger partial charge in [-0.25, -0.2) is 4.39 Å². The van der Waals surface area contributed by atoms with Gasteiger partial charge < -0.3 is 16.4 Å². The summed E-state index contributed by atoms with van der Waals surface area (Å²) in [5.41, 5.74) is 9.23. The number of carbonyl (C=O) groups excluding carboxylic acids is 1. The highest BCUT2D eigenvalue weighted by Gasteiger charge is 2.51. The van der Waals surface area contributed by atoms with E-state index in [0.29, 0.717) is 29.4 Å². The molecule has 2 bridgehead atoms. The molecule has 5 rings (SSSR count). The van der Waals surface area contributed by atoms with Crippen molar-refractivity contribution in [3.05, 3.63) is 54.0 Å². The molecular weight excluding hydrogens is 405 g/mol. The Kier molecular flexibility index (Phi) is 5.26. The fraction of sp³-hybridized carbons (Fsp3) is 0.440. The normalized spacial score (nSPS) is 27.7. The predicted octanol–water partition coefficient (Wildman–Crippen LogP) is 2.96. The number of hydrogen-bond acceptors (Lipinski definition) is 4. The molecule has 1 aliphatic carbocycles. The van der Waals surface area contributed by atoms with Crippen molar-refractivity contribution in [1.82, 2.24) is 20.4 Å². The zero-order valence-corrected chi connectivity index (χ0v) is 18.7. The largest absolute Gasteiger partial charge is 0.339 e. The lowest BCUT2D eigenvalue weighted by Gasteiger charge is -2.32. The van der Waals surface area contributed by atoms with Crippen molar-refractivity contribution in [3.8, 4) is 11.1 Å². The van der Waals surface area contributed by atoms with Crippen LogP contribution in [0.2, 0.25) is 0 Å². The van der Waals surface area contributed by atoms with E-state index in [4.69, 9.17) is 5.73 Å². The third kappa shape index (κ3) is 3.69. The van der Waals surface area contributed by atoms with Crippen molar-refractivity contribution in [1.29, 1.82) is 0 Å². The van der Waals surface area contributed by atoms with Gasteiger partial charge in [-0.3, -0.25) is 9.48 Å². The number of nitrogens with zero attached hydrogens (tertiary/aromatic N) is 2. The summed E-state index contributed by atoms with van der Waals surface area (Å²) in [6.07, 6.45) is 2.59. The van der Waals surface area contributed by atoms with Gasteiger partial charge in [0.15, 0.2) is 0 Å². The monoisotopic (exact) mass is 435 g/mol. The van der Waals surface area contributed by atoms with Crippen LogP contribution in [-0.4, -0.2) is 33.9 Å². The molecule has 0 spiro atoms. The number of rotatable bonds is 5. The van der Waals surface area contributed by atoms with Crippen LogP contribution in [0.3, 0.4) is 0 Å². The Morgan fingerprint density at radius 1 is 1.25 bits per heavy atom. The van der Waals surface area contributed by atoms with Gasteiger partial charge in [-0.2, -0.15) is 5.10 Å². The molecule has 168 valence electrons. The van der Waals surface area contributed by atoms with Crippen molar-refractivity contribution in [3.63, 3.8) is 0 Å². The standard InChI is InChI=1S/C25H30FN5O/c1-13-14(2)21-11-19(13)24(28-21)25(32)29-23(27)10-17-6-4-15(8-20(17)26)16-5-7-18-12-31(3)30-22(18)9-16/h4-9,12-14,19,21,23-24,28H,10-11,27H2,1-3H3,(H,29,32)/t13-,14?,19-,21+,23+,24+/m1/s1. The lowest BCUT2D eigenvalue weighted by atomic mass is 9.84. The lowest BCUT2D eigenvalue weighted by Crippen LogP contribution is -2.55. The number of nitrogens with two attached hydrogens (primary N) is 1. The molecule has 2 aromatic carbocycles. The Hall–Kier alpha value is -2.77. The molecule has 2 aliphatic rings. The zero-order chi connectivity index (χ0) is 22.6. The third-order valence-electron chi connectivity index (χ3n) is 7.55. The summed E-state index contributed by atoms with van der Waals surface area (Å²) < 4.78 is 16.6. The minimum Gasteiger partial charge on any atom is -0.339 e. The number of fused-ring (bicyclic) bond motifs is 3. The van der Waals surface area contributed by atoms with E-state index < -0.39 is 6.17 Å². The van der Waals surface area contributed by atoms with E-state index in [0.717, 1.165) is 28.5 Å². The van der Waals surface area contributed by atoms with Crippen molar-refractivity contribution in [2.45, 2.75) is 44.9 Å². The number of aromatic nitrogens is 2. The highest BCUT2D eigenvalue weighted by molar-refractivity contribution is 5.84. The quantitative estimate of drug-likeness (QED) is 0.538. The first-order valence-electron chi connectivity index (χ1n) is 11.3. The van der Waals surface area contributed by atoms with E-state index in [1.54, 1.807) is 10.7 Å². The van der Waals surface area contributed by atoms with Gasteiger partial charge >= 0.3 is 0 Å². The van der Waals surface area contributed by atoms with Crippen LogP contribution >= 0.6 is 0 Å². The maximum atomic E-state index is 14.9. The minimum absolute atomic E-state index is 0.0792. The molecule has 1 saturated carbocycles. The second kappa shape index (κ2) is 7.98. The van der Waals surface area contributed by atoms with Crippen LogP contribution in [0.4, 0.5) is 4.39 Å². The average molecular weight is 436 g/mol. The van der Waals surface area contributed by atoms with Crippen LogP contribution in [0.15, 0.2) is 42.6 Å². The summed E-state index contributed by atoms with van der Waals surface area (Å²) in [6, 6.07) is 11.3. The average Bonchev–Trinajstić information content (AvgIpc) is 3.42. The Bertz CT molecular complexity index is 1170. The van der Waals surface area contributed by atoms with E-state index in [9.17, 15) is 9.18 Å². The fourth-order valence-corrected chi connectivity index (χ4v) is 5.53. The molecule has 32 heavy (non-hydrogen) atoms. The maximum absolute atomic E-state index is 14.9. The first kappa shape index (κ1) is 21.1. The van der Waals surface area contributed by atoms with E-state index in [1.807, 2.05) is 37.5 Å². The Balaban J connectivity index is 1.25. The van der Waals surface area contributed by atoms with Gasteiger partial charge in [-0.15, -0.1) is 0 Å². The predicted molar refractivity (Wildman–Crippen MR) is 123 cm³/mol. The van der Waals surface area contributed by atoms with E-state index in [-0.39, 0.29) is 24.2 Å². The van der Waals surface area contributed by atoms with E-state index >= 15 is 0 Å². The van der Waals surface area contributed by atoms with Gasteiger partial charge in [-0.05, 0) is 53.0 Å². The van der Waals surface area contributed by atoms with Crippen LogP contribution in [0.5, 0.6) is 0 Å². The molecular formula is C25H30FN5O. The molecule has 4 N–H and O–H groups in total. The van der Waals surface area contributed by atoms with Gasteiger partial charge in [0.1, 0.15) is 5.82 Å². The summed E-state index contributed by atoms with van der Waals surface area (Å²) in [6.45, 7) is 4.46. The van der Waals surface area contributed by atoms with Gasteiger partial charge in [-0.1, -0.05) is 38.1 Å². The van der Waals surface area contributed by atoms with Gasteiger partial charge in [0.2, 0.25) is 5.91 Å². The van der Waals surface area contributed by atoms with Crippen molar-refractivity contribution < 1.29 is 9.18 Å². The molecule has 2 heterocycles. The highest BCUT2D eigenvalue weighted by atomic mass is 19.1. The van der Waals surface area contributed by atoms with Crippen LogP contribution in [-0.2, 0) is 18.3 Å². The lowest BCUT2D eigenvalue weighted by molar-refractivity contribution is -0.125. The van der Waals surface area contributed by atoms with Crippen molar-refractivity contribution in [2.24, 2.45) is 30.5 Å². The minimum atomic E-state index is -0.638. The van der Waals surface area contributed by atoms with Gasteiger partial charge in [0, 0.05) is 31.1 Å². The number of carbonyl (C=O) groups is 1. The van der Waals surface area contributed by atoms with Gasteiger partial charge in [0.05, 0.1) is 17.7 Å². The highest BCUT2D eigenvalue weighted by Crippen LogP contribution is 2.44. The molecule has 6 nitrogen and oxygen atoms in total. The molecule has 6 atom stereocenters. The molecule has 1 amide bonds. The Morgan fingerprint density at radius 3 is 2.72 bits per heavy atom. The Labute approximate surface area is 187 Å². The molecule has 7 heteroatoms. The number of nitrogens with one attached hydrogen (secondary N) is 2. The summed E-state index contributed by atoms with van der Waals surface area (Å²) in [7, 11) is 1.88. The smallest absolute Gasteiger partial charge is 0.238 e. The molecule has 1 saturated heterocycles. The summed E-state index contributed by atoms with van der Waals surface area (Å²) >= 11 is 0. The second-order valence-electron chi connectivity index (χ2n) is 9.57. The number of aryl methyl sites for hydroxylation is 1. The SMILES string of the molecule is CC1[C@@H]2C[C@@H]([C@@H](C(=O)N[C@H](N)Cc3ccc(-c4ccc5cn(C)nc5c4)cc3F)N2)[C@@H]1C. The second-order valence-corrected chi connectivity index (χ2v) is 9.57. The van der Waals surface area contributed by atoms with Gasteiger partial charge in [0.25, 0.3) is 0 Å². The number of hydrogen-bond donors (Lipinski definition) is 3. The molecule has 1 aliphatic heterocycles. The van der Waals surface area contributed by atoms with Crippen molar-refractivity contribution >= 4 is 16.8 Å². The molecule has 0 radical (unpaired) electrons. The molecule has 2 fully saturated rings. The first-order chi connectivity index (χ1) is 15.3. The topological polar surface area (TPSA) is 85.0 Å². The maximum Gasteiger partial charge on any atom is 0.238 e. The molecule has 3 aromatic rings. The number of benzene rings is 2. The molecule has 1 unspecified atom stereocenters. The number of amides is 1. The first-order valence-corrected chi connectivity index (χ1v) is 11.3. The molecule has 1 aromatic heterocycles. The van der Waals surface area contributed by atoms with Crippen LogP contribution in [0.25, 0.3) is 22.0 Å². The van der Waals surface area contributed by atoms with Crippen molar-refractivity contribution in [2.75, 3.05) is 0 Å². The fourth-order valence-electron chi connectivity index (χ4n) is 5.53. The summed E-state index contributed by atoms with van der Waals surface area (Å²) in [5, 5.41) is 11.8. The number of piperidine rings is 1. The summed E-state index contributed by atoms with van der Waals surface area (Å²) in [4.78, 5) is 12.8. The van der Waals surface area contributed by atoms with Crippen LogP contribution < -0.4 is 16.4 Å². The van der Waals surface area contributed by atoms with Crippen LogP contribution in [0.1, 0.15) is 25.8 Å².